The first kappa shape index (κ1) is 8.51. The first-order chi connectivity index (χ1) is 6.31. The minimum absolute atomic E-state index is 0.307. The van der Waals surface area contributed by atoms with Crippen molar-refractivity contribution in [3.63, 3.8) is 0 Å². The predicted molar refractivity (Wildman–Crippen MR) is 52.8 cm³/mol. The van der Waals surface area contributed by atoms with E-state index >= 15 is 0 Å². The molecule has 0 unspecified atom stereocenters. The molecule has 0 aliphatic carbocycles. The van der Waals surface area contributed by atoms with Gasteiger partial charge in [-0.15, -0.1) is 0 Å². The summed E-state index contributed by atoms with van der Waals surface area (Å²) in [5, 5.41) is 0.307. The van der Waals surface area contributed by atoms with Crippen molar-refractivity contribution in [2.45, 2.75) is 19.9 Å². The zero-order valence-electron chi connectivity index (χ0n) is 7.37. The van der Waals surface area contributed by atoms with Crippen LogP contribution in [0.4, 0.5) is 0 Å². The molecule has 0 amide bonds. The molecule has 0 spiro atoms. The Bertz CT molecular complexity index is 422. The number of fused-ring (bicyclic) bond motifs is 1. The lowest BCUT2D eigenvalue weighted by Crippen LogP contribution is -1.94. The number of rotatable bonds is 2. The smallest absolute Gasteiger partial charge is 0.223 e. The number of aromatic nitrogens is 3. The van der Waals surface area contributed by atoms with Crippen LogP contribution in [0.25, 0.3) is 11.0 Å². The Morgan fingerprint density at radius 1 is 1.54 bits per heavy atom. The van der Waals surface area contributed by atoms with Gasteiger partial charge in [-0.05, 0) is 24.1 Å². The molecule has 0 fully saturated rings. The number of hydrogen-bond donors (Lipinski definition) is 0. The Balaban J connectivity index is 2.55. The van der Waals surface area contributed by atoms with Gasteiger partial charge in [-0.25, -0.2) is 9.97 Å². The minimum Gasteiger partial charge on any atom is -0.345 e. The fourth-order valence-electron chi connectivity index (χ4n) is 1.39. The molecule has 0 saturated heterocycles. The van der Waals surface area contributed by atoms with Crippen molar-refractivity contribution >= 4 is 22.6 Å². The highest BCUT2D eigenvalue weighted by atomic mass is 35.5. The highest BCUT2D eigenvalue weighted by Gasteiger charge is 2.02. The second-order valence-electron chi connectivity index (χ2n) is 2.92. The Morgan fingerprint density at radius 3 is 3.15 bits per heavy atom. The number of hydrogen-bond acceptors (Lipinski definition) is 2. The molecule has 2 aromatic heterocycles. The van der Waals surface area contributed by atoms with E-state index in [9.17, 15) is 0 Å². The molecule has 0 atom stereocenters. The maximum absolute atomic E-state index is 5.67. The quantitative estimate of drug-likeness (QED) is 0.690. The van der Waals surface area contributed by atoms with Crippen molar-refractivity contribution in [1.29, 1.82) is 0 Å². The normalized spacial score (nSPS) is 10.9. The summed E-state index contributed by atoms with van der Waals surface area (Å²) in [6, 6.07) is 1.96. The molecule has 0 bridgehead atoms. The van der Waals surface area contributed by atoms with Crippen molar-refractivity contribution in [3.8, 4) is 0 Å². The fourth-order valence-corrected chi connectivity index (χ4v) is 1.53. The summed E-state index contributed by atoms with van der Waals surface area (Å²) >= 11 is 5.67. The fraction of sp³-hybridized carbons (Fsp3) is 0.333. The van der Waals surface area contributed by atoms with E-state index in [4.69, 9.17) is 11.6 Å². The summed E-state index contributed by atoms with van der Waals surface area (Å²) < 4.78 is 2.13. The number of halogens is 1. The number of nitrogens with zero attached hydrogens (tertiary/aromatic N) is 3. The van der Waals surface area contributed by atoms with E-state index in [-0.39, 0.29) is 0 Å². The molecule has 13 heavy (non-hydrogen) atoms. The van der Waals surface area contributed by atoms with Gasteiger partial charge in [0, 0.05) is 12.7 Å². The molecule has 68 valence electrons. The Kier molecular flexibility index (Phi) is 2.19. The zero-order chi connectivity index (χ0) is 9.26. The first-order valence-corrected chi connectivity index (χ1v) is 4.66. The summed E-state index contributed by atoms with van der Waals surface area (Å²) in [5.41, 5.74) is 1.96. The lowest BCUT2D eigenvalue weighted by molar-refractivity contribution is 0.702. The van der Waals surface area contributed by atoms with E-state index < -0.39 is 0 Å². The Morgan fingerprint density at radius 2 is 2.38 bits per heavy atom. The molecule has 2 aromatic rings. The van der Waals surface area contributed by atoms with Gasteiger partial charge in [-0.3, -0.25) is 0 Å². The van der Waals surface area contributed by atoms with Crippen molar-refractivity contribution in [2.24, 2.45) is 0 Å². The molecule has 2 rings (SSSR count). The van der Waals surface area contributed by atoms with Crippen molar-refractivity contribution in [3.05, 3.63) is 23.7 Å². The van der Waals surface area contributed by atoms with E-state index in [1.807, 2.05) is 12.3 Å². The Hall–Kier alpha value is -1.09. The second kappa shape index (κ2) is 3.34. The maximum Gasteiger partial charge on any atom is 0.223 e. The van der Waals surface area contributed by atoms with Crippen LogP contribution < -0.4 is 0 Å². The van der Waals surface area contributed by atoms with Gasteiger partial charge < -0.3 is 4.57 Å². The van der Waals surface area contributed by atoms with Crippen LogP contribution in [0.15, 0.2) is 18.5 Å². The molecule has 2 heterocycles. The molecule has 0 radical (unpaired) electrons. The third kappa shape index (κ3) is 1.52. The van der Waals surface area contributed by atoms with Crippen LogP contribution in [-0.2, 0) is 6.54 Å². The van der Waals surface area contributed by atoms with E-state index in [1.165, 1.54) is 0 Å². The summed E-state index contributed by atoms with van der Waals surface area (Å²) in [4.78, 5) is 8.07. The number of aryl methyl sites for hydroxylation is 1. The highest BCUT2D eigenvalue weighted by molar-refractivity contribution is 6.28. The molecule has 0 aliphatic heterocycles. The minimum atomic E-state index is 0.307. The molecule has 0 aliphatic rings. The monoisotopic (exact) mass is 195 g/mol. The van der Waals surface area contributed by atoms with E-state index in [1.54, 1.807) is 6.20 Å². The molecule has 0 aromatic carbocycles. The van der Waals surface area contributed by atoms with Crippen molar-refractivity contribution in [2.75, 3.05) is 0 Å². The van der Waals surface area contributed by atoms with Crippen molar-refractivity contribution in [1.82, 2.24) is 14.5 Å². The van der Waals surface area contributed by atoms with Gasteiger partial charge >= 0.3 is 0 Å². The van der Waals surface area contributed by atoms with Gasteiger partial charge in [-0.1, -0.05) is 6.92 Å². The zero-order valence-corrected chi connectivity index (χ0v) is 8.12. The Labute approximate surface area is 81.4 Å². The van der Waals surface area contributed by atoms with Gasteiger partial charge in [0.25, 0.3) is 0 Å². The third-order valence-electron chi connectivity index (χ3n) is 1.95. The van der Waals surface area contributed by atoms with Crippen LogP contribution in [-0.4, -0.2) is 14.5 Å². The first-order valence-electron chi connectivity index (χ1n) is 4.28. The van der Waals surface area contributed by atoms with Crippen LogP contribution in [0.3, 0.4) is 0 Å². The van der Waals surface area contributed by atoms with Crippen LogP contribution in [0.1, 0.15) is 13.3 Å². The predicted octanol–water partition coefficient (Wildman–Crippen LogP) is 2.49. The topological polar surface area (TPSA) is 30.7 Å². The van der Waals surface area contributed by atoms with Gasteiger partial charge in [0.15, 0.2) is 0 Å². The summed E-state index contributed by atoms with van der Waals surface area (Å²) in [6.45, 7) is 3.14. The van der Waals surface area contributed by atoms with Crippen molar-refractivity contribution < 1.29 is 0 Å². The van der Waals surface area contributed by atoms with Gasteiger partial charge in [0.2, 0.25) is 5.28 Å². The van der Waals surface area contributed by atoms with E-state index in [0.29, 0.717) is 5.28 Å². The average molecular weight is 196 g/mol. The van der Waals surface area contributed by atoms with Crippen LogP contribution in [0.2, 0.25) is 5.28 Å². The lowest BCUT2D eigenvalue weighted by atomic mass is 10.4. The van der Waals surface area contributed by atoms with Gasteiger partial charge in [-0.2, -0.15) is 0 Å². The average Bonchev–Trinajstić information content (AvgIpc) is 2.49. The summed E-state index contributed by atoms with van der Waals surface area (Å²) in [7, 11) is 0. The van der Waals surface area contributed by atoms with Crippen LogP contribution in [0, 0.1) is 0 Å². The van der Waals surface area contributed by atoms with E-state index in [0.717, 1.165) is 24.0 Å². The van der Waals surface area contributed by atoms with Gasteiger partial charge in [0.05, 0.1) is 17.2 Å². The lowest BCUT2D eigenvalue weighted by Gasteiger charge is -2.00. The summed E-state index contributed by atoms with van der Waals surface area (Å²) in [5.74, 6) is 0. The molecule has 0 saturated carbocycles. The maximum atomic E-state index is 5.67. The standard InChI is InChI=1S/C9H10ClN3/c1-2-4-13-5-3-7-8(13)6-11-9(10)12-7/h3,5-6H,2,4H2,1H3. The highest BCUT2D eigenvalue weighted by Crippen LogP contribution is 2.14. The third-order valence-corrected chi connectivity index (χ3v) is 2.14. The molecular weight excluding hydrogens is 186 g/mol. The largest absolute Gasteiger partial charge is 0.345 e. The molecular formula is C9H10ClN3. The van der Waals surface area contributed by atoms with E-state index in [2.05, 4.69) is 21.5 Å². The molecule has 0 N–H and O–H groups in total. The van der Waals surface area contributed by atoms with Gasteiger partial charge in [0.1, 0.15) is 0 Å². The molecule has 4 heteroatoms. The summed E-state index contributed by atoms with van der Waals surface area (Å²) in [6.07, 6.45) is 4.88. The second-order valence-corrected chi connectivity index (χ2v) is 3.26. The SMILES string of the molecule is CCCn1ccc2nc(Cl)ncc21. The van der Waals surface area contributed by atoms with Crippen LogP contribution >= 0.6 is 11.6 Å². The van der Waals surface area contributed by atoms with Crippen LogP contribution in [0.5, 0.6) is 0 Å². The molecule has 3 nitrogen and oxygen atoms in total.